The SMILES string of the molecule is Oc1ccc2c(c1)CCCC2Nc1ccc(Cl)cc1Cl. The van der Waals surface area contributed by atoms with Crippen LogP contribution in [-0.2, 0) is 6.42 Å². The van der Waals surface area contributed by atoms with Crippen LogP contribution in [-0.4, -0.2) is 5.11 Å². The molecule has 20 heavy (non-hydrogen) atoms. The van der Waals surface area contributed by atoms with Gasteiger partial charge in [0, 0.05) is 5.02 Å². The Hall–Kier alpha value is -1.38. The van der Waals surface area contributed by atoms with Crippen LogP contribution in [0.15, 0.2) is 36.4 Å². The molecule has 0 saturated heterocycles. The Morgan fingerprint density at radius 3 is 2.75 bits per heavy atom. The summed E-state index contributed by atoms with van der Waals surface area (Å²) in [6.45, 7) is 0. The second-order valence-electron chi connectivity index (χ2n) is 5.10. The lowest BCUT2D eigenvalue weighted by Gasteiger charge is -2.27. The maximum Gasteiger partial charge on any atom is 0.115 e. The molecule has 0 bridgehead atoms. The maximum absolute atomic E-state index is 9.58. The molecule has 0 heterocycles. The number of hydrogen-bond donors (Lipinski definition) is 2. The summed E-state index contributed by atoms with van der Waals surface area (Å²) in [5, 5.41) is 14.3. The van der Waals surface area contributed by atoms with Gasteiger partial charge < -0.3 is 10.4 Å². The molecule has 2 nitrogen and oxygen atoms in total. The predicted molar refractivity (Wildman–Crippen MR) is 83.9 cm³/mol. The smallest absolute Gasteiger partial charge is 0.115 e. The molecule has 1 aliphatic carbocycles. The number of phenolic OH excluding ortho intramolecular Hbond substituents is 1. The van der Waals surface area contributed by atoms with E-state index in [4.69, 9.17) is 23.2 Å². The first-order valence-corrected chi connectivity index (χ1v) is 7.42. The third-order valence-electron chi connectivity index (χ3n) is 3.70. The fourth-order valence-corrected chi connectivity index (χ4v) is 3.21. The number of rotatable bonds is 2. The standard InChI is InChI=1S/C16H15Cl2NO/c17-11-4-7-16(14(18)9-11)19-15-3-1-2-10-8-12(20)5-6-13(10)15/h4-9,15,19-20H,1-3H2. The lowest BCUT2D eigenvalue weighted by molar-refractivity contribution is 0.472. The number of nitrogens with one attached hydrogen (secondary N) is 1. The van der Waals surface area contributed by atoms with E-state index >= 15 is 0 Å². The number of phenols is 1. The molecule has 0 aromatic heterocycles. The molecule has 0 saturated carbocycles. The van der Waals surface area contributed by atoms with Gasteiger partial charge in [0.1, 0.15) is 5.75 Å². The van der Waals surface area contributed by atoms with Gasteiger partial charge in [0.25, 0.3) is 0 Å². The summed E-state index contributed by atoms with van der Waals surface area (Å²) in [5.74, 6) is 0.328. The number of benzene rings is 2. The lowest BCUT2D eigenvalue weighted by atomic mass is 9.87. The Morgan fingerprint density at radius 2 is 1.95 bits per heavy atom. The largest absolute Gasteiger partial charge is 0.508 e. The Balaban J connectivity index is 1.89. The van der Waals surface area contributed by atoms with Gasteiger partial charge in [-0.05, 0) is 60.7 Å². The van der Waals surface area contributed by atoms with Crippen molar-refractivity contribution in [2.24, 2.45) is 0 Å². The molecule has 3 rings (SSSR count). The van der Waals surface area contributed by atoms with Crippen molar-refractivity contribution in [2.45, 2.75) is 25.3 Å². The molecule has 2 aromatic rings. The molecule has 2 N–H and O–H groups in total. The van der Waals surface area contributed by atoms with Crippen molar-refractivity contribution in [3.63, 3.8) is 0 Å². The van der Waals surface area contributed by atoms with E-state index in [1.807, 2.05) is 24.3 Å². The minimum Gasteiger partial charge on any atom is -0.508 e. The fourth-order valence-electron chi connectivity index (χ4n) is 2.74. The summed E-state index contributed by atoms with van der Waals surface area (Å²) >= 11 is 12.1. The van der Waals surface area contributed by atoms with E-state index in [2.05, 4.69) is 5.32 Å². The van der Waals surface area contributed by atoms with E-state index in [0.29, 0.717) is 15.8 Å². The molecular formula is C16H15Cl2NO. The third kappa shape index (κ3) is 2.72. The van der Waals surface area contributed by atoms with Gasteiger partial charge in [-0.25, -0.2) is 0 Å². The Bertz CT molecular complexity index is 642. The number of hydrogen-bond acceptors (Lipinski definition) is 2. The maximum atomic E-state index is 9.58. The van der Waals surface area contributed by atoms with Crippen molar-refractivity contribution in [3.8, 4) is 5.75 Å². The highest BCUT2D eigenvalue weighted by Crippen LogP contribution is 2.36. The molecule has 1 aliphatic rings. The molecule has 1 unspecified atom stereocenters. The molecular weight excluding hydrogens is 293 g/mol. The van der Waals surface area contributed by atoms with Crippen molar-refractivity contribution < 1.29 is 5.11 Å². The van der Waals surface area contributed by atoms with E-state index in [1.165, 1.54) is 11.1 Å². The first kappa shape index (κ1) is 13.6. The van der Waals surface area contributed by atoms with Crippen molar-refractivity contribution in [3.05, 3.63) is 57.6 Å². The quantitative estimate of drug-likeness (QED) is 0.800. The minimum atomic E-state index is 0.220. The highest BCUT2D eigenvalue weighted by atomic mass is 35.5. The summed E-state index contributed by atoms with van der Waals surface area (Å²) in [4.78, 5) is 0. The van der Waals surface area contributed by atoms with Gasteiger partial charge in [-0.3, -0.25) is 0 Å². The zero-order valence-corrected chi connectivity index (χ0v) is 12.4. The Labute approximate surface area is 128 Å². The van der Waals surface area contributed by atoms with Gasteiger partial charge >= 0.3 is 0 Å². The molecule has 2 aromatic carbocycles. The normalized spacial score (nSPS) is 17.6. The van der Waals surface area contributed by atoms with Crippen LogP contribution < -0.4 is 5.32 Å². The van der Waals surface area contributed by atoms with Crippen molar-refractivity contribution in [1.29, 1.82) is 0 Å². The highest BCUT2D eigenvalue weighted by molar-refractivity contribution is 6.36. The predicted octanol–water partition coefficient (Wildman–Crippen LogP) is 5.19. The van der Waals surface area contributed by atoms with Crippen LogP contribution in [0.1, 0.15) is 30.0 Å². The van der Waals surface area contributed by atoms with Crippen LogP contribution in [0.2, 0.25) is 10.0 Å². The molecule has 0 aliphatic heterocycles. The second-order valence-corrected chi connectivity index (χ2v) is 5.94. The molecule has 4 heteroatoms. The van der Waals surface area contributed by atoms with Crippen LogP contribution in [0.3, 0.4) is 0 Å². The summed E-state index contributed by atoms with van der Waals surface area (Å²) in [7, 11) is 0. The number of anilines is 1. The number of halogens is 2. The molecule has 104 valence electrons. The summed E-state index contributed by atoms with van der Waals surface area (Å²) in [6.07, 6.45) is 3.16. The zero-order chi connectivity index (χ0) is 14.1. The first-order valence-electron chi connectivity index (χ1n) is 6.67. The first-order chi connectivity index (χ1) is 9.63. The van der Waals surface area contributed by atoms with Gasteiger partial charge in [0.05, 0.1) is 16.8 Å². The Kier molecular flexibility index (Phi) is 3.77. The van der Waals surface area contributed by atoms with E-state index in [9.17, 15) is 5.11 Å². The van der Waals surface area contributed by atoms with Crippen LogP contribution in [0.5, 0.6) is 5.75 Å². The van der Waals surface area contributed by atoms with Crippen LogP contribution in [0, 0.1) is 0 Å². The van der Waals surface area contributed by atoms with Gasteiger partial charge in [-0.2, -0.15) is 0 Å². The van der Waals surface area contributed by atoms with E-state index in [-0.39, 0.29) is 6.04 Å². The molecule has 0 amide bonds. The fraction of sp³-hybridized carbons (Fsp3) is 0.250. The van der Waals surface area contributed by atoms with Gasteiger partial charge in [-0.15, -0.1) is 0 Å². The number of aromatic hydroxyl groups is 1. The summed E-state index contributed by atoms with van der Waals surface area (Å²) < 4.78 is 0. The summed E-state index contributed by atoms with van der Waals surface area (Å²) in [5.41, 5.74) is 3.33. The molecule has 0 spiro atoms. The Morgan fingerprint density at radius 1 is 1.10 bits per heavy atom. The molecule has 1 atom stereocenters. The zero-order valence-electron chi connectivity index (χ0n) is 10.9. The van der Waals surface area contributed by atoms with Gasteiger partial charge in [0.15, 0.2) is 0 Å². The monoisotopic (exact) mass is 307 g/mol. The van der Waals surface area contributed by atoms with Gasteiger partial charge in [0.2, 0.25) is 0 Å². The molecule has 0 radical (unpaired) electrons. The van der Waals surface area contributed by atoms with Gasteiger partial charge in [-0.1, -0.05) is 29.3 Å². The topological polar surface area (TPSA) is 32.3 Å². The third-order valence-corrected chi connectivity index (χ3v) is 4.25. The van der Waals surface area contributed by atoms with E-state index in [0.717, 1.165) is 24.9 Å². The van der Waals surface area contributed by atoms with Crippen LogP contribution in [0.4, 0.5) is 5.69 Å². The lowest BCUT2D eigenvalue weighted by Crippen LogP contribution is -2.17. The van der Waals surface area contributed by atoms with Crippen molar-refractivity contribution in [1.82, 2.24) is 0 Å². The van der Waals surface area contributed by atoms with Crippen LogP contribution >= 0.6 is 23.2 Å². The van der Waals surface area contributed by atoms with E-state index in [1.54, 1.807) is 12.1 Å². The average molecular weight is 308 g/mol. The summed E-state index contributed by atoms with van der Waals surface area (Å²) in [6, 6.07) is 11.3. The van der Waals surface area contributed by atoms with Crippen molar-refractivity contribution >= 4 is 28.9 Å². The molecule has 0 fully saturated rings. The minimum absolute atomic E-state index is 0.220. The van der Waals surface area contributed by atoms with Crippen LogP contribution in [0.25, 0.3) is 0 Å². The second kappa shape index (κ2) is 5.55. The number of fused-ring (bicyclic) bond motifs is 1. The number of aryl methyl sites for hydroxylation is 1. The van der Waals surface area contributed by atoms with E-state index < -0.39 is 0 Å². The van der Waals surface area contributed by atoms with Crippen molar-refractivity contribution in [2.75, 3.05) is 5.32 Å². The average Bonchev–Trinajstić information content (AvgIpc) is 2.41. The highest BCUT2D eigenvalue weighted by Gasteiger charge is 2.21.